The largest absolute Gasteiger partial charge is 0.494 e. The van der Waals surface area contributed by atoms with Gasteiger partial charge in [-0.2, -0.15) is 0 Å². The van der Waals surface area contributed by atoms with Crippen molar-refractivity contribution in [2.75, 3.05) is 13.2 Å². The number of aliphatic hydroxyl groups excluding tert-OH is 1. The van der Waals surface area contributed by atoms with Crippen LogP contribution in [0.5, 0.6) is 11.5 Å². The summed E-state index contributed by atoms with van der Waals surface area (Å²) in [6, 6.07) is 4.24. The molecule has 4 heteroatoms. The smallest absolute Gasteiger partial charge is 0.124 e. The van der Waals surface area contributed by atoms with E-state index in [2.05, 4.69) is 24.4 Å². The predicted octanol–water partition coefficient (Wildman–Crippen LogP) is 2.66. The van der Waals surface area contributed by atoms with Crippen molar-refractivity contribution in [1.29, 1.82) is 0 Å². The number of benzene rings is 1. The molecule has 1 heterocycles. The number of hydrogen-bond donors (Lipinski definition) is 2. The van der Waals surface area contributed by atoms with E-state index in [9.17, 15) is 5.11 Å². The average Bonchev–Trinajstić information content (AvgIpc) is 3.04. The molecule has 3 unspecified atom stereocenters. The van der Waals surface area contributed by atoms with Gasteiger partial charge in [0, 0.05) is 30.6 Å². The Morgan fingerprint density at radius 1 is 1.36 bits per heavy atom. The van der Waals surface area contributed by atoms with Gasteiger partial charge in [0.25, 0.3) is 0 Å². The fourth-order valence-corrected chi connectivity index (χ4v) is 3.56. The van der Waals surface area contributed by atoms with Crippen molar-refractivity contribution >= 4 is 0 Å². The van der Waals surface area contributed by atoms with Crippen LogP contribution in [0.2, 0.25) is 0 Å². The first-order valence-electron chi connectivity index (χ1n) is 8.51. The second-order valence-electron chi connectivity index (χ2n) is 6.52. The van der Waals surface area contributed by atoms with Crippen LogP contribution in [-0.4, -0.2) is 30.5 Å². The number of fused-ring (bicyclic) bond motifs is 1. The van der Waals surface area contributed by atoms with Gasteiger partial charge in [0.15, 0.2) is 0 Å². The molecule has 1 aromatic carbocycles. The van der Waals surface area contributed by atoms with Gasteiger partial charge in [-0.3, -0.25) is 0 Å². The van der Waals surface area contributed by atoms with Crippen molar-refractivity contribution in [3.63, 3.8) is 0 Å². The molecule has 0 aromatic heterocycles. The number of aliphatic hydroxyl groups is 1. The highest BCUT2D eigenvalue weighted by Gasteiger charge is 2.25. The molecule has 0 radical (unpaired) electrons. The van der Waals surface area contributed by atoms with Gasteiger partial charge in [-0.15, -0.1) is 0 Å². The lowest BCUT2D eigenvalue weighted by molar-refractivity contribution is 0.131. The van der Waals surface area contributed by atoms with Crippen molar-refractivity contribution in [3.05, 3.63) is 23.3 Å². The lowest BCUT2D eigenvalue weighted by Crippen LogP contribution is -2.27. The van der Waals surface area contributed by atoms with Crippen molar-refractivity contribution in [2.45, 2.75) is 58.3 Å². The summed E-state index contributed by atoms with van der Waals surface area (Å²) >= 11 is 0. The molecule has 1 aliphatic heterocycles. The Morgan fingerprint density at radius 3 is 2.95 bits per heavy atom. The third kappa shape index (κ3) is 3.39. The number of ether oxygens (including phenoxy) is 2. The van der Waals surface area contributed by atoms with E-state index in [-0.39, 0.29) is 12.2 Å². The quantitative estimate of drug-likeness (QED) is 0.848. The molecule has 1 saturated carbocycles. The van der Waals surface area contributed by atoms with Gasteiger partial charge >= 0.3 is 0 Å². The molecule has 2 N–H and O–H groups in total. The second-order valence-corrected chi connectivity index (χ2v) is 6.52. The van der Waals surface area contributed by atoms with Crippen LogP contribution < -0.4 is 14.8 Å². The van der Waals surface area contributed by atoms with E-state index in [4.69, 9.17) is 9.47 Å². The molecule has 2 aliphatic rings. The van der Waals surface area contributed by atoms with Crippen LogP contribution in [0.1, 0.15) is 44.2 Å². The number of hydrogen-bond acceptors (Lipinski definition) is 4. The van der Waals surface area contributed by atoms with E-state index in [1.54, 1.807) is 0 Å². The summed E-state index contributed by atoms with van der Waals surface area (Å²) < 4.78 is 11.7. The van der Waals surface area contributed by atoms with E-state index in [0.29, 0.717) is 12.5 Å². The van der Waals surface area contributed by atoms with Gasteiger partial charge in [-0.25, -0.2) is 0 Å². The SMILES string of the molecule is CCOc1cc2c(cc1CNCC1CCCC1O)OC(C)C2. The van der Waals surface area contributed by atoms with Crippen molar-refractivity contribution in [1.82, 2.24) is 5.32 Å². The van der Waals surface area contributed by atoms with Gasteiger partial charge in [0.05, 0.1) is 12.7 Å². The zero-order valence-electron chi connectivity index (χ0n) is 13.6. The monoisotopic (exact) mass is 305 g/mol. The third-order valence-corrected chi connectivity index (χ3v) is 4.72. The number of nitrogens with one attached hydrogen (secondary N) is 1. The van der Waals surface area contributed by atoms with Crippen LogP contribution in [0.25, 0.3) is 0 Å². The van der Waals surface area contributed by atoms with E-state index in [1.807, 2.05) is 6.92 Å². The minimum atomic E-state index is -0.136. The maximum Gasteiger partial charge on any atom is 0.124 e. The molecule has 1 aliphatic carbocycles. The molecule has 0 saturated heterocycles. The summed E-state index contributed by atoms with van der Waals surface area (Å²) in [5.74, 6) is 2.34. The maximum atomic E-state index is 9.90. The third-order valence-electron chi connectivity index (χ3n) is 4.72. The molecular formula is C18H27NO3. The highest BCUT2D eigenvalue weighted by molar-refractivity contribution is 5.48. The van der Waals surface area contributed by atoms with Crippen LogP contribution in [-0.2, 0) is 13.0 Å². The van der Waals surface area contributed by atoms with Gasteiger partial charge < -0.3 is 19.9 Å². The molecule has 4 nitrogen and oxygen atoms in total. The van der Waals surface area contributed by atoms with E-state index in [1.165, 1.54) is 5.56 Å². The van der Waals surface area contributed by atoms with Crippen LogP contribution >= 0.6 is 0 Å². The minimum absolute atomic E-state index is 0.136. The maximum absolute atomic E-state index is 9.90. The highest BCUT2D eigenvalue weighted by atomic mass is 16.5. The molecule has 3 atom stereocenters. The second kappa shape index (κ2) is 6.88. The first kappa shape index (κ1) is 15.6. The first-order chi connectivity index (χ1) is 10.7. The summed E-state index contributed by atoms with van der Waals surface area (Å²) in [5.41, 5.74) is 2.38. The van der Waals surface area contributed by atoms with Crippen molar-refractivity contribution in [2.24, 2.45) is 5.92 Å². The van der Waals surface area contributed by atoms with Gasteiger partial charge in [-0.05, 0) is 44.7 Å². The summed E-state index contributed by atoms with van der Waals surface area (Å²) in [5, 5.41) is 13.4. The van der Waals surface area contributed by atoms with Crippen LogP contribution in [0.3, 0.4) is 0 Å². The summed E-state index contributed by atoms with van der Waals surface area (Å²) in [4.78, 5) is 0. The number of rotatable bonds is 6. The standard InChI is InChI=1S/C18H27NO3/c1-3-21-17-8-14-7-12(2)22-18(14)9-15(17)11-19-10-13-5-4-6-16(13)20/h8-9,12-13,16,19-20H,3-7,10-11H2,1-2H3. The Kier molecular flexibility index (Phi) is 4.89. The Bertz CT molecular complexity index is 517. The Hall–Kier alpha value is -1.26. The highest BCUT2D eigenvalue weighted by Crippen LogP contribution is 2.35. The van der Waals surface area contributed by atoms with Crippen LogP contribution in [0.4, 0.5) is 0 Å². The van der Waals surface area contributed by atoms with Gasteiger partial charge in [0.2, 0.25) is 0 Å². The molecule has 22 heavy (non-hydrogen) atoms. The Balaban J connectivity index is 1.65. The first-order valence-corrected chi connectivity index (χ1v) is 8.51. The Labute approximate surface area is 132 Å². The fourth-order valence-electron chi connectivity index (χ4n) is 3.56. The Morgan fingerprint density at radius 2 is 2.23 bits per heavy atom. The average molecular weight is 305 g/mol. The predicted molar refractivity (Wildman–Crippen MR) is 86.5 cm³/mol. The molecule has 0 spiro atoms. The molecular weight excluding hydrogens is 278 g/mol. The van der Waals surface area contributed by atoms with Crippen LogP contribution in [0, 0.1) is 5.92 Å². The molecule has 122 valence electrons. The summed E-state index contributed by atoms with van der Waals surface area (Å²) in [6.07, 6.45) is 4.28. The molecule has 0 amide bonds. The summed E-state index contributed by atoms with van der Waals surface area (Å²) in [7, 11) is 0. The van der Waals surface area contributed by atoms with E-state index >= 15 is 0 Å². The van der Waals surface area contributed by atoms with Crippen molar-refractivity contribution < 1.29 is 14.6 Å². The fraction of sp³-hybridized carbons (Fsp3) is 0.667. The lowest BCUT2D eigenvalue weighted by atomic mass is 10.0. The van der Waals surface area contributed by atoms with E-state index < -0.39 is 0 Å². The van der Waals surface area contributed by atoms with Gasteiger partial charge in [0.1, 0.15) is 17.6 Å². The molecule has 1 aromatic rings. The lowest BCUT2D eigenvalue weighted by Gasteiger charge is -2.17. The minimum Gasteiger partial charge on any atom is -0.494 e. The zero-order valence-corrected chi connectivity index (χ0v) is 13.6. The van der Waals surface area contributed by atoms with Gasteiger partial charge in [-0.1, -0.05) is 6.42 Å². The van der Waals surface area contributed by atoms with E-state index in [0.717, 1.165) is 55.8 Å². The topological polar surface area (TPSA) is 50.7 Å². The molecule has 3 rings (SSSR count). The van der Waals surface area contributed by atoms with Crippen molar-refractivity contribution in [3.8, 4) is 11.5 Å². The normalized spacial score (nSPS) is 26.8. The van der Waals surface area contributed by atoms with Crippen LogP contribution in [0.15, 0.2) is 12.1 Å². The molecule has 0 bridgehead atoms. The summed E-state index contributed by atoms with van der Waals surface area (Å²) in [6.45, 7) is 6.40. The zero-order chi connectivity index (χ0) is 15.5. The molecule has 1 fully saturated rings.